The molecule has 1 atom stereocenters. The second-order valence-corrected chi connectivity index (χ2v) is 6.06. The fraction of sp³-hybridized carbons (Fsp3) is 0.444. The van der Waals surface area contributed by atoms with Crippen LogP contribution in [0.1, 0.15) is 25.3 Å². The maximum Gasteiger partial charge on any atom is 0.315 e. The molecule has 2 aromatic heterocycles. The van der Waals surface area contributed by atoms with Gasteiger partial charge in [0, 0.05) is 49.8 Å². The van der Waals surface area contributed by atoms with Crippen molar-refractivity contribution in [2.45, 2.75) is 32.4 Å². The van der Waals surface area contributed by atoms with E-state index in [2.05, 4.69) is 30.5 Å². The van der Waals surface area contributed by atoms with Crippen molar-refractivity contribution in [3.8, 4) is 5.88 Å². The lowest BCUT2D eigenvalue weighted by Crippen LogP contribution is -2.50. The highest BCUT2D eigenvalue weighted by atomic mass is 16.5. The second kappa shape index (κ2) is 8.98. The van der Waals surface area contributed by atoms with E-state index in [1.165, 1.54) is 0 Å². The third kappa shape index (κ3) is 4.81. The second-order valence-electron chi connectivity index (χ2n) is 6.06. The van der Waals surface area contributed by atoms with E-state index in [1.807, 2.05) is 19.1 Å². The molecular formula is C18H24N6O2. The van der Waals surface area contributed by atoms with E-state index in [9.17, 15) is 4.79 Å². The zero-order valence-electron chi connectivity index (χ0n) is 14.9. The number of hydrogen-bond acceptors (Lipinski definition) is 6. The molecule has 2 N–H and O–H groups in total. The van der Waals surface area contributed by atoms with Gasteiger partial charge in [-0.2, -0.15) is 0 Å². The summed E-state index contributed by atoms with van der Waals surface area (Å²) in [6.07, 6.45) is 7.07. The first kappa shape index (κ1) is 17.9. The van der Waals surface area contributed by atoms with Gasteiger partial charge < -0.3 is 20.3 Å². The average Bonchev–Trinajstić information content (AvgIpc) is 2.68. The Balaban J connectivity index is 1.50. The Bertz CT molecular complexity index is 712. The molecule has 0 spiro atoms. The SMILES string of the molecule is CCOc1ncccc1CNC(=O)NC1CCCN(c2ncccn2)C1. The molecule has 8 nitrogen and oxygen atoms in total. The van der Waals surface area contributed by atoms with Crippen LogP contribution >= 0.6 is 0 Å². The number of nitrogens with zero attached hydrogens (tertiary/aromatic N) is 4. The van der Waals surface area contributed by atoms with Crippen LogP contribution in [0.5, 0.6) is 5.88 Å². The van der Waals surface area contributed by atoms with Gasteiger partial charge >= 0.3 is 6.03 Å². The van der Waals surface area contributed by atoms with Crippen LogP contribution < -0.4 is 20.3 Å². The predicted molar refractivity (Wildman–Crippen MR) is 98.0 cm³/mol. The van der Waals surface area contributed by atoms with Crippen LogP contribution in [0.3, 0.4) is 0 Å². The molecule has 8 heteroatoms. The molecule has 1 saturated heterocycles. The lowest BCUT2D eigenvalue weighted by molar-refractivity contribution is 0.234. The normalized spacial score (nSPS) is 16.8. The molecule has 0 aromatic carbocycles. The molecule has 0 saturated carbocycles. The van der Waals surface area contributed by atoms with E-state index in [-0.39, 0.29) is 12.1 Å². The minimum absolute atomic E-state index is 0.0628. The van der Waals surface area contributed by atoms with E-state index in [4.69, 9.17) is 4.74 Å². The van der Waals surface area contributed by atoms with E-state index >= 15 is 0 Å². The van der Waals surface area contributed by atoms with Gasteiger partial charge in [-0.15, -0.1) is 0 Å². The number of urea groups is 1. The summed E-state index contributed by atoms with van der Waals surface area (Å²) in [5.74, 6) is 1.26. The number of piperidine rings is 1. The highest BCUT2D eigenvalue weighted by Gasteiger charge is 2.22. The van der Waals surface area contributed by atoms with E-state index in [1.54, 1.807) is 24.7 Å². The van der Waals surface area contributed by atoms with Crippen LogP contribution in [0, 0.1) is 0 Å². The van der Waals surface area contributed by atoms with Crippen molar-refractivity contribution in [3.63, 3.8) is 0 Å². The Morgan fingerprint density at radius 3 is 2.88 bits per heavy atom. The predicted octanol–water partition coefficient (Wildman–Crippen LogP) is 1.74. The number of nitrogens with one attached hydrogen (secondary N) is 2. The van der Waals surface area contributed by atoms with E-state index in [0.717, 1.165) is 24.9 Å². The van der Waals surface area contributed by atoms with Gasteiger partial charge in [0.05, 0.1) is 6.61 Å². The Labute approximate surface area is 153 Å². The van der Waals surface area contributed by atoms with E-state index < -0.39 is 0 Å². The molecule has 0 aliphatic carbocycles. The zero-order valence-corrected chi connectivity index (χ0v) is 14.9. The zero-order chi connectivity index (χ0) is 18.2. The van der Waals surface area contributed by atoms with Gasteiger partial charge in [0.1, 0.15) is 0 Å². The van der Waals surface area contributed by atoms with Crippen molar-refractivity contribution in [1.29, 1.82) is 0 Å². The number of amides is 2. The van der Waals surface area contributed by atoms with Gasteiger partial charge in [0.15, 0.2) is 0 Å². The number of ether oxygens (including phenoxy) is 1. The number of pyridine rings is 1. The molecule has 1 aliphatic heterocycles. The highest BCUT2D eigenvalue weighted by molar-refractivity contribution is 5.74. The maximum atomic E-state index is 12.3. The number of carbonyl (C=O) groups is 1. The number of anilines is 1. The molecule has 1 aliphatic rings. The maximum absolute atomic E-state index is 12.3. The monoisotopic (exact) mass is 356 g/mol. The first-order valence-electron chi connectivity index (χ1n) is 8.89. The summed E-state index contributed by atoms with van der Waals surface area (Å²) in [5, 5.41) is 5.91. The Kier molecular flexibility index (Phi) is 6.19. The van der Waals surface area contributed by atoms with Gasteiger partial charge in [-0.3, -0.25) is 0 Å². The topological polar surface area (TPSA) is 92.3 Å². The lowest BCUT2D eigenvalue weighted by atomic mass is 10.1. The summed E-state index contributed by atoms with van der Waals surface area (Å²) in [4.78, 5) is 27.1. The van der Waals surface area contributed by atoms with E-state index in [0.29, 0.717) is 31.5 Å². The van der Waals surface area contributed by atoms with Crippen molar-refractivity contribution in [2.24, 2.45) is 0 Å². The van der Waals surface area contributed by atoms with Crippen LogP contribution in [-0.2, 0) is 6.54 Å². The fourth-order valence-corrected chi connectivity index (χ4v) is 2.97. The third-order valence-electron chi connectivity index (χ3n) is 4.16. The standard InChI is InChI=1S/C18H24N6O2/c1-2-26-16-14(6-3-8-19-16)12-22-18(25)23-15-7-4-11-24(13-15)17-20-9-5-10-21-17/h3,5-6,8-10,15H,2,4,7,11-13H2,1H3,(H2,22,23,25). The van der Waals surface area contributed by atoms with Gasteiger partial charge in [-0.25, -0.2) is 19.7 Å². The third-order valence-corrected chi connectivity index (χ3v) is 4.16. The molecule has 1 unspecified atom stereocenters. The summed E-state index contributed by atoms with van der Waals surface area (Å²) in [6, 6.07) is 5.39. The Morgan fingerprint density at radius 1 is 1.27 bits per heavy atom. The Morgan fingerprint density at radius 2 is 2.08 bits per heavy atom. The first-order chi connectivity index (χ1) is 12.8. The summed E-state index contributed by atoms with van der Waals surface area (Å²) in [5.41, 5.74) is 0.854. The van der Waals surface area contributed by atoms with Crippen molar-refractivity contribution in [3.05, 3.63) is 42.4 Å². The fourth-order valence-electron chi connectivity index (χ4n) is 2.97. The lowest BCUT2D eigenvalue weighted by Gasteiger charge is -2.33. The molecule has 2 aromatic rings. The molecule has 3 rings (SSSR count). The summed E-state index contributed by atoms with van der Waals surface area (Å²) in [7, 11) is 0. The van der Waals surface area contributed by atoms with Crippen molar-refractivity contribution >= 4 is 12.0 Å². The largest absolute Gasteiger partial charge is 0.478 e. The van der Waals surface area contributed by atoms with Gasteiger partial charge in [0.25, 0.3) is 0 Å². The van der Waals surface area contributed by atoms with Crippen molar-refractivity contribution in [1.82, 2.24) is 25.6 Å². The molecule has 0 radical (unpaired) electrons. The van der Waals surface area contributed by atoms with Crippen molar-refractivity contribution < 1.29 is 9.53 Å². The average molecular weight is 356 g/mol. The highest BCUT2D eigenvalue weighted by Crippen LogP contribution is 2.16. The van der Waals surface area contributed by atoms with Gasteiger partial charge in [-0.05, 0) is 31.9 Å². The molecule has 26 heavy (non-hydrogen) atoms. The van der Waals surface area contributed by atoms with Crippen LogP contribution in [0.2, 0.25) is 0 Å². The van der Waals surface area contributed by atoms with Gasteiger partial charge in [-0.1, -0.05) is 6.07 Å². The summed E-state index contributed by atoms with van der Waals surface area (Å²) < 4.78 is 5.48. The summed E-state index contributed by atoms with van der Waals surface area (Å²) >= 11 is 0. The van der Waals surface area contributed by atoms with Crippen molar-refractivity contribution in [2.75, 3.05) is 24.6 Å². The van der Waals surface area contributed by atoms with Crippen LogP contribution in [0.4, 0.5) is 10.7 Å². The van der Waals surface area contributed by atoms with Crippen LogP contribution in [0.15, 0.2) is 36.8 Å². The quantitative estimate of drug-likeness (QED) is 0.819. The number of aromatic nitrogens is 3. The minimum atomic E-state index is -0.197. The molecular weight excluding hydrogens is 332 g/mol. The molecule has 138 valence electrons. The first-order valence-corrected chi connectivity index (χ1v) is 8.89. The number of hydrogen-bond donors (Lipinski definition) is 2. The minimum Gasteiger partial charge on any atom is -0.478 e. The number of carbonyl (C=O) groups excluding carboxylic acids is 1. The molecule has 0 bridgehead atoms. The van der Waals surface area contributed by atoms with Crippen LogP contribution in [0.25, 0.3) is 0 Å². The van der Waals surface area contributed by atoms with Gasteiger partial charge in [0.2, 0.25) is 11.8 Å². The number of rotatable bonds is 6. The molecule has 2 amide bonds. The summed E-state index contributed by atoms with van der Waals surface area (Å²) in [6.45, 7) is 4.42. The van der Waals surface area contributed by atoms with Crippen LogP contribution in [-0.4, -0.2) is 46.7 Å². The molecule has 1 fully saturated rings. The smallest absolute Gasteiger partial charge is 0.315 e. The molecule has 3 heterocycles. The Hall–Kier alpha value is -2.90.